The number of aromatic nitrogens is 5. The Hall–Kier alpha value is -3.28. The Morgan fingerprint density at radius 1 is 0.875 bits per heavy atom. The highest BCUT2D eigenvalue weighted by atomic mass is 16.1. The van der Waals surface area contributed by atoms with Crippen LogP contribution in [0, 0.1) is 0 Å². The summed E-state index contributed by atoms with van der Waals surface area (Å²) in [6.07, 6.45) is 6.74. The molecule has 0 saturated carbocycles. The van der Waals surface area contributed by atoms with Crippen molar-refractivity contribution in [3.05, 3.63) is 65.5 Å². The largest absolute Gasteiger partial charge is 0.285 e. The minimum absolute atomic E-state index is 0.0558. The van der Waals surface area contributed by atoms with E-state index in [0.717, 1.165) is 27.9 Å². The molecule has 24 heavy (non-hydrogen) atoms. The third-order valence-corrected chi connectivity index (χ3v) is 4.21. The van der Waals surface area contributed by atoms with E-state index >= 15 is 0 Å². The number of hydrogen-bond donors (Lipinski definition) is 0. The van der Waals surface area contributed by atoms with Crippen LogP contribution in [0.1, 0.15) is 0 Å². The Morgan fingerprint density at radius 3 is 2.42 bits per heavy atom. The van der Waals surface area contributed by atoms with Crippen LogP contribution in [-0.4, -0.2) is 24.3 Å². The van der Waals surface area contributed by atoms with Crippen LogP contribution in [0.4, 0.5) is 0 Å². The van der Waals surface area contributed by atoms with Gasteiger partial charge >= 0.3 is 0 Å². The van der Waals surface area contributed by atoms with Gasteiger partial charge in [0, 0.05) is 50.0 Å². The average Bonchev–Trinajstić information content (AvgIpc) is 2.86. The summed E-state index contributed by atoms with van der Waals surface area (Å²) in [6, 6.07) is 9.57. The lowest BCUT2D eigenvalue weighted by Gasteiger charge is -2.08. The van der Waals surface area contributed by atoms with Gasteiger partial charge in [0.1, 0.15) is 0 Å². The Balaban J connectivity index is 2.04. The number of rotatable bonds is 2. The Bertz CT molecular complexity index is 1100. The van der Waals surface area contributed by atoms with Gasteiger partial charge in [0.15, 0.2) is 0 Å². The van der Waals surface area contributed by atoms with Crippen molar-refractivity contribution < 1.29 is 0 Å². The molecule has 0 amide bonds. The molecule has 118 valence electrons. The molecular formula is C18H15N5O. The summed E-state index contributed by atoms with van der Waals surface area (Å²) in [5, 5.41) is 0. The highest BCUT2D eigenvalue weighted by Gasteiger charge is 2.19. The highest BCUT2D eigenvalue weighted by molar-refractivity contribution is 5.86. The second kappa shape index (κ2) is 5.42. The van der Waals surface area contributed by atoms with Crippen LogP contribution in [0.15, 0.2) is 59.9 Å². The SMILES string of the molecule is Cn1c(-c2ccc3nccnc3c2)c(-c2cccnc2)c(=O)n1C. The molecule has 1 aromatic carbocycles. The molecule has 0 aliphatic rings. The zero-order valence-corrected chi connectivity index (χ0v) is 13.3. The maximum absolute atomic E-state index is 12.7. The molecular weight excluding hydrogens is 302 g/mol. The van der Waals surface area contributed by atoms with Gasteiger partial charge in [0.25, 0.3) is 5.56 Å². The van der Waals surface area contributed by atoms with Crippen molar-refractivity contribution in [2.24, 2.45) is 14.1 Å². The van der Waals surface area contributed by atoms with Crippen LogP contribution in [0.3, 0.4) is 0 Å². The minimum Gasteiger partial charge on any atom is -0.285 e. The van der Waals surface area contributed by atoms with Crippen molar-refractivity contribution in [3.8, 4) is 22.4 Å². The fraction of sp³-hybridized carbons (Fsp3) is 0.111. The minimum atomic E-state index is -0.0558. The molecule has 0 N–H and O–H groups in total. The van der Waals surface area contributed by atoms with Gasteiger partial charge in [0.2, 0.25) is 0 Å². The van der Waals surface area contributed by atoms with E-state index < -0.39 is 0 Å². The Labute approximate surface area is 138 Å². The number of nitrogens with zero attached hydrogens (tertiary/aromatic N) is 5. The first-order valence-electron chi connectivity index (χ1n) is 7.54. The predicted molar refractivity (Wildman–Crippen MR) is 92.4 cm³/mol. The van der Waals surface area contributed by atoms with Crippen molar-refractivity contribution >= 4 is 11.0 Å². The smallest absolute Gasteiger partial charge is 0.274 e. The molecule has 0 saturated heterocycles. The maximum atomic E-state index is 12.7. The molecule has 0 aliphatic heterocycles. The molecule has 0 fully saturated rings. The third-order valence-electron chi connectivity index (χ3n) is 4.21. The van der Waals surface area contributed by atoms with Gasteiger partial charge in [-0.2, -0.15) is 0 Å². The molecule has 0 spiro atoms. The van der Waals surface area contributed by atoms with E-state index in [4.69, 9.17) is 0 Å². The van der Waals surface area contributed by atoms with Crippen molar-refractivity contribution in [2.45, 2.75) is 0 Å². The summed E-state index contributed by atoms with van der Waals surface area (Å²) in [7, 11) is 3.63. The zero-order valence-electron chi connectivity index (χ0n) is 13.3. The van der Waals surface area contributed by atoms with Crippen LogP contribution in [0.5, 0.6) is 0 Å². The van der Waals surface area contributed by atoms with E-state index in [0.29, 0.717) is 5.56 Å². The summed E-state index contributed by atoms with van der Waals surface area (Å²) < 4.78 is 3.45. The van der Waals surface area contributed by atoms with Crippen molar-refractivity contribution in [2.75, 3.05) is 0 Å². The molecule has 0 atom stereocenters. The van der Waals surface area contributed by atoms with E-state index in [1.165, 1.54) is 0 Å². The van der Waals surface area contributed by atoms with Gasteiger partial charge in [-0.1, -0.05) is 12.1 Å². The molecule has 0 radical (unpaired) electrons. The number of fused-ring (bicyclic) bond motifs is 1. The standard InChI is InChI=1S/C18H15N5O/c1-22-17(12-5-6-14-15(10-12)21-9-8-20-14)16(18(24)23(22)2)13-4-3-7-19-11-13/h3-11H,1-2H3. The lowest BCUT2D eigenvalue weighted by molar-refractivity contribution is 0.584. The van der Waals surface area contributed by atoms with Crippen LogP contribution < -0.4 is 5.56 Å². The molecule has 6 heteroatoms. The van der Waals surface area contributed by atoms with E-state index in [9.17, 15) is 4.79 Å². The Kier molecular flexibility index (Phi) is 3.23. The Morgan fingerprint density at radius 2 is 1.67 bits per heavy atom. The number of pyridine rings is 1. The first-order chi connectivity index (χ1) is 11.7. The maximum Gasteiger partial charge on any atom is 0.274 e. The van der Waals surface area contributed by atoms with Crippen LogP contribution in [0.2, 0.25) is 0 Å². The van der Waals surface area contributed by atoms with Crippen molar-refractivity contribution in [1.29, 1.82) is 0 Å². The lowest BCUT2D eigenvalue weighted by Crippen LogP contribution is -2.17. The van der Waals surface area contributed by atoms with Crippen LogP contribution in [0.25, 0.3) is 33.4 Å². The number of benzene rings is 1. The lowest BCUT2D eigenvalue weighted by atomic mass is 10.0. The van der Waals surface area contributed by atoms with Crippen LogP contribution >= 0.6 is 0 Å². The van der Waals surface area contributed by atoms with E-state index in [1.54, 1.807) is 36.5 Å². The quantitative estimate of drug-likeness (QED) is 0.569. The summed E-state index contributed by atoms with van der Waals surface area (Å²) in [5.74, 6) is 0. The van der Waals surface area contributed by atoms with Gasteiger partial charge in [-0.05, 0) is 18.2 Å². The average molecular weight is 317 g/mol. The fourth-order valence-electron chi connectivity index (χ4n) is 2.92. The van der Waals surface area contributed by atoms with Crippen molar-refractivity contribution in [1.82, 2.24) is 24.3 Å². The van der Waals surface area contributed by atoms with E-state index in [1.807, 2.05) is 42.1 Å². The molecule has 3 heterocycles. The summed E-state index contributed by atoms with van der Waals surface area (Å²) in [5.41, 5.74) is 4.75. The molecule has 0 unspecified atom stereocenters. The monoisotopic (exact) mass is 317 g/mol. The van der Waals surface area contributed by atoms with E-state index in [-0.39, 0.29) is 5.56 Å². The molecule has 0 aliphatic carbocycles. The fourth-order valence-corrected chi connectivity index (χ4v) is 2.92. The molecule has 6 nitrogen and oxygen atoms in total. The molecule has 4 rings (SSSR count). The van der Waals surface area contributed by atoms with Gasteiger partial charge < -0.3 is 0 Å². The van der Waals surface area contributed by atoms with Crippen LogP contribution in [-0.2, 0) is 14.1 Å². The summed E-state index contributed by atoms with van der Waals surface area (Å²) >= 11 is 0. The van der Waals surface area contributed by atoms with Gasteiger partial charge in [-0.15, -0.1) is 0 Å². The number of hydrogen-bond acceptors (Lipinski definition) is 4. The first-order valence-corrected chi connectivity index (χ1v) is 7.54. The molecule has 4 aromatic rings. The van der Waals surface area contributed by atoms with Gasteiger partial charge in [-0.25, -0.2) is 0 Å². The topological polar surface area (TPSA) is 65.6 Å². The molecule has 3 aromatic heterocycles. The normalized spacial score (nSPS) is 11.1. The zero-order chi connectivity index (χ0) is 16.7. The summed E-state index contributed by atoms with van der Waals surface area (Å²) in [4.78, 5) is 25.5. The third kappa shape index (κ3) is 2.11. The van der Waals surface area contributed by atoms with E-state index in [2.05, 4.69) is 15.0 Å². The highest BCUT2D eigenvalue weighted by Crippen LogP contribution is 2.30. The second-order valence-electron chi connectivity index (χ2n) is 5.58. The molecule has 0 bridgehead atoms. The second-order valence-corrected chi connectivity index (χ2v) is 5.58. The van der Waals surface area contributed by atoms with Gasteiger partial charge in [-0.3, -0.25) is 29.1 Å². The van der Waals surface area contributed by atoms with Gasteiger partial charge in [0.05, 0.1) is 22.3 Å². The predicted octanol–water partition coefficient (Wildman–Crippen LogP) is 2.40. The van der Waals surface area contributed by atoms with Crippen molar-refractivity contribution in [3.63, 3.8) is 0 Å². The summed E-state index contributed by atoms with van der Waals surface area (Å²) in [6.45, 7) is 0. The first kappa shape index (κ1) is 14.3.